The highest BCUT2D eigenvalue weighted by molar-refractivity contribution is 6.30. The van der Waals surface area contributed by atoms with E-state index in [4.69, 9.17) is 17.3 Å². The number of benzene rings is 2. The first-order valence-corrected chi connectivity index (χ1v) is 10.1. The fourth-order valence-corrected chi connectivity index (χ4v) is 4.47. The van der Waals surface area contributed by atoms with Crippen LogP contribution >= 0.6 is 24.0 Å². The molecule has 1 saturated carbocycles. The Hall–Kier alpha value is -2.14. The highest BCUT2D eigenvalue weighted by Gasteiger charge is 2.37. The van der Waals surface area contributed by atoms with Gasteiger partial charge in [-0.05, 0) is 49.4 Å². The Balaban J connectivity index is 0.00000240. The number of halogens is 2. The second kappa shape index (κ2) is 9.12. The highest BCUT2D eigenvalue weighted by Crippen LogP contribution is 2.42. The number of nitrogens with two attached hydrogens (primary N) is 1. The maximum Gasteiger partial charge on any atom is 0.267 e. The van der Waals surface area contributed by atoms with Gasteiger partial charge >= 0.3 is 0 Å². The van der Waals surface area contributed by atoms with Gasteiger partial charge in [-0.1, -0.05) is 54.1 Å². The van der Waals surface area contributed by atoms with E-state index >= 15 is 0 Å². The van der Waals surface area contributed by atoms with Gasteiger partial charge in [0.25, 0.3) is 5.56 Å². The third-order valence-electron chi connectivity index (χ3n) is 5.98. The van der Waals surface area contributed by atoms with E-state index in [-0.39, 0.29) is 29.4 Å². The molecule has 0 radical (unpaired) electrons. The lowest BCUT2D eigenvalue weighted by atomic mass is 9.68. The topological polar surface area (TPSA) is 60.9 Å². The number of hydrogen-bond acceptors (Lipinski definition) is 3. The zero-order valence-corrected chi connectivity index (χ0v) is 17.7. The van der Waals surface area contributed by atoms with Crippen molar-refractivity contribution in [3.8, 4) is 11.3 Å². The molecule has 1 aliphatic rings. The van der Waals surface area contributed by atoms with E-state index in [1.54, 1.807) is 16.8 Å². The van der Waals surface area contributed by atoms with Crippen LogP contribution in [-0.4, -0.2) is 16.3 Å². The van der Waals surface area contributed by atoms with Gasteiger partial charge in [-0.15, -0.1) is 12.4 Å². The van der Waals surface area contributed by atoms with Crippen LogP contribution in [0.5, 0.6) is 0 Å². The average molecular weight is 430 g/mol. The average Bonchev–Trinajstić information content (AvgIpc) is 2.75. The summed E-state index contributed by atoms with van der Waals surface area (Å²) in [5.74, 6) is 0. The number of nitrogens with zero attached hydrogens (tertiary/aromatic N) is 2. The Labute approximate surface area is 182 Å². The molecule has 4 rings (SSSR count). The molecule has 29 heavy (non-hydrogen) atoms. The lowest BCUT2D eigenvalue weighted by molar-refractivity contribution is 0.222. The largest absolute Gasteiger partial charge is 0.330 e. The van der Waals surface area contributed by atoms with Gasteiger partial charge in [-0.2, -0.15) is 5.10 Å². The van der Waals surface area contributed by atoms with Crippen molar-refractivity contribution in [3.05, 3.63) is 87.7 Å². The third kappa shape index (κ3) is 4.40. The molecule has 4 nitrogen and oxygen atoms in total. The van der Waals surface area contributed by atoms with Crippen LogP contribution in [0.2, 0.25) is 5.02 Å². The summed E-state index contributed by atoms with van der Waals surface area (Å²) in [6, 6.07) is 21.5. The Bertz CT molecular complexity index is 1010. The Morgan fingerprint density at radius 1 is 1.03 bits per heavy atom. The molecule has 0 atom stereocenters. The zero-order valence-electron chi connectivity index (χ0n) is 16.1. The standard InChI is InChI=1S/C23H24ClN3O.ClH/c24-19-8-4-7-18(15-19)23(16-25)13-11-20(12-14-23)27-22(28)10-9-21(26-27)17-5-2-1-3-6-17;/h1-10,15,20H,11-14,16,25H2;1H. The second-order valence-electron chi connectivity index (χ2n) is 7.59. The van der Waals surface area contributed by atoms with Crippen LogP contribution in [-0.2, 0) is 5.41 Å². The summed E-state index contributed by atoms with van der Waals surface area (Å²) in [7, 11) is 0. The Morgan fingerprint density at radius 3 is 2.41 bits per heavy atom. The monoisotopic (exact) mass is 429 g/mol. The normalized spacial score (nSPS) is 21.4. The molecule has 1 heterocycles. The summed E-state index contributed by atoms with van der Waals surface area (Å²) >= 11 is 6.21. The van der Waals surface area contributed by atoms with Crippen LogP contribution < -0.4 is 11.3 Å². The molecule has 1 fully saturated rings. The molecule has 3 aromatic rings. The van der Waals surface area contributed by atoms with Crippen molar-refractivity contribution in [3.63, 3.8) is 0 Å². The fourth-order valence-electron chi connectivity index (χ4n) is 4.28. The van der Waals surface area contributed by atoms with Crippen molar-refractivity contribution in [1.29, 1.82) is 0 Å². The van der Waals surface area contributed by atoms with Crippen molar-refractivity contribution in [1.82, 2.24) is 9.78 Å². The van der Waals surface area contributed by atoms with Gasteiger partial charge in [0, 0.05) is 28.6 Å². The van der Waals surface area contributed by atoms with Gasteiger partial charge in [0.05, 0.1) is 11.7 Å². The molecular formula is C23H25Cl2N3O. The van der Waals surface area contributed by atoms with E-state index in [0.29, 0.717) is 6.54 Å². The fraction of sp³-hybridized carbons (Fsp3) is 0.304. The van der Waals surface area contributed by atoms with Crippen LogP contribution in [0.15, 0.2) is 71.5 Å². The summed E-state index contributed by atoms with van der Waals surface area (Å²) in [6.45, 7) is 0.576. The predicted molar refractivity (Wildman–Crippen MR) is 121 cm³/mol. The van der Waals surface area contributed by atoms with E-state index < -0.39 is 0 Å². The summed E-state index contributed by atoms with van der Waals surface area (Å²) in [6.07, 6.45) is 3.57. The summed E-state index contributed by atoms with van der Waals surface area (Å²) in [5, 5.41) is 5.42. The van der Waals surface area contributed by atoms with Crippen LogP contribution in [0.25, 0.3) is 11.3 Å². The predicted octanol–water partition coefficient (Wildman–Crippen LogP) is 5.00. The van der Waals surface area contributed by atoms with E-state index in [1.807, 2.05) is 48.5 Å². The van der Waals surface area contributed by atoms with E-state index in [0.717, 1.165) is 42.0 Å². The lowest BCUT2D eigenvalue weighted by Gasteiger charge is -2.40. The van der Waals surface area contributed by atoms with E-state index in [9.17, 15) is 4.79 Å². The van der Waals surface area contributed by atoms with E-state index in [1.165, 1.54) is 5.56 Å². The van der Waals surface area contributed by atoms with Crippen LogP contribution in [0, 0.1) is 0 Å². The van der Waals surface area contributed by atoms with Crippen molar-refractivity contribution in [2.24, 2.45) is 5.73 Å². The summed E-state index contributed by atoms with van der Waals surface area (Å²) in [4.78, 5) is 12.5. The van der Waals surface area contributed by atoms with Crippen molar-refractivity contribution >= 4 is 24.0 Å². The zero-order chi connectivity index (χ0) is 19.6. The van der Waals surface area contributed by atoms with Crippen molar-refractivity contribution < 1.29 is 0 Å². The maximum atomic E-state index is 12.5. The molecule has 0 aliphatic heterocycles. The molecule has 0 saturated heterocycles. The molecule has 0 amide bonds. The van der Waals surface area contributed by atoms with Crippen molar-refractivity contribution in [2.75, 3.05) is 6.54 Å². The van der Waals surface area contributed by atoms with Gasteiger partial charge in [0.1, 0.15) is 0 Å². The first kappa shape index (κ1) is 21.6. The van der Waals surface area contributed by atoms with Gasteiger partial charge < -0.3 is 5.73 Å². The number of hydrogen-bond donors (Lipinski definition) is 1. The van der Waals surface area contributed by atoms with Crippen LogP contribution in [0.4, 0.5) is 0 Å². The second-order valence-corrected chi connectivity index (χ2v) is 8.03. The Morgan fingerprint density at radius 2 is 1.76 bits per heavy atom. The number of aromatic nitrogens is 2. The highest BCUT2D eigenvalue weighted by atomic mass is 35.5. The number of rotatable bonds is 4. The molecule has 6 heteroatoms. The molecule has 152 valence electrons. The molecule has 1 aliphatic carbocycles. The van der Waals surface area contributed by atoms with Gasteiger partial charge in [0.2, 0.25) is 0 Å². The summed E-state index contributed by atoms with van der Waals surface area (Å²) < 4.78 is 1.67. The van der Waals surface area contributed by atoms with Crippen LogP contribution in [0.1, 0.15) is 37.3 Å². The maximum absolute atomic E-state index is 12.5. The lowest BCUT2D eigenvalue weighted by Crippen LogP contribution is -2.41. The van der Waals surface area contributed by atoms with Crippen LogP contribution in [0.3, 0.4) is 0 Å². The molecule has 2 aromatic carbocycles. The summed E-state index contributed by atoms with van der Waals surface area (Å²) in [5.41, 5.74) is 9.11. The van der Waals surface area contributed by atoms with Gasteiger partial charge in [-0.3, -0.25) is 4.79 Å². The minimum Gasteiger partial charge on any atom is -0.330 e. The first-order valence-electron chi connectivity index (χ1n) is 9.73. The minimum atomic E-state index is -0.0813. The first-order chi connectivity index (χ1) is 13.6. The molecular weight excluding hydrogens is 405 g/mol. The Kier molecular flexibility index (Phi) is 6.78. The molecule has 0 unspecified atom stereocenters. The molecule has 2 N–H and O–H groups in total. The minimum absolute atomic E-state index is 0. The third-order valence-corrected chi connectivity index (χ3v) is 6.22. The molecule has 0 spiro atoms. The van der Waals surface area contributed by atoms with Crippen molar-refractivity contribution in [2.45, 2.75) is 37.1 Å². The van der Waals surface area contributed by atoms with Gasteiger partial charge in [0.15, 0.2) is 0 Å². The molecule has 1 aromatic heterocycles. The molecule has 0 bridgehead atoms. The van der Waals surface area contributed by atoms with Gasteiger partial charge in [-0.25, -0.2) is 4.68 Å². The SMILES string of the molecule is Cl.NCC1(c2cccc(Cl)c2)CCC(n2nc(-c3ccccc3)ccc2=O)CC1. The smallest absolute Gasteiger partial charge is 0.267 e. The quantitative estimate of drug-likeness (QED) is 0.634. The van der Waals surface area contributed by atoms with E-state index in [2.05, 4.69) is 11.2 Å².